The Morgan fingerprint density at radius 2 is 2.05 bits per heavy atom. The molecule has 0 saturated heterocycles. The van der Waals surface area contributed by atoms with Crippen molar-refractivity contribution in [3.8, 4) is 0 Å². The molecule has 0 spiro atoms. The molecule has 6 nitrogen and oxygen atoms in total. The molecule has 3 N–H and O–H groups in total. The Morgan fingerprint density at radius 1 is 1.33 bits per heavy atom. The van der Waals surface area contributed by atoms with Crippen molar-refractivity contribution in [3.63, 3.8) is 0 Å². The van der Waals surface area contributed by atoms with E-state index >= 15 is 0 Å². The van der Waals surface area contributed by atoms with Crippen molar-refractivity contribution in [2.45, 2.75) is 6.92 Å². The summed E-state index contributed by atoms with van der Waals surface area (Å²) in [6.45, 7) is 1.88. The monoisotopic (exact) mass is 349 g/mol. The van der Waals surface area contributed by atoms with Crippen molar-refractivity contribution in [1.29, 1.82) is 0 Å². The van der Waals surface area contributed by atoms with Crippen LogP contribution >= 0.6 is 15.9 Å². The van der Waals surface area contributed by atoms with Crippen LogP contribution < -0.4 is 11.1 Å². The number of nitrogens with two attached hydrogens (primary N) is 1. The second-order valence-electron chi connectivity index (χ2n) is 4.44. The molecule has 0 unspecified atom stereocenters. The first-order valence-electron chi connectivity index (χ1n) is 6.00. The number of halogens is 1. The number of nitro groups is 1. The van der Waals surface area contributed by atoms with E-state index in [4.69, 9.17) is 5.73 Å². The number of benzene rings is 2. The van der Waals surface area contributed by atoms with Crippen LogP contribution in [0.1, 0.15) is 15.9 Å². The minimum Gasteiger partial charge on any atom is -0.393 e. The van der Waals surface area contributed by atoms with Crippen LogP contribution in [0, 0.1) is 17.0 Å². The summed E-state index contributed by atoms with van der Waals surface area (Å²) >= 11 is 3.32. The molecule has 0 fully saturated rings. The van der Waals surface area contributed by atoms with Crippen molar-refractivity contribution in [2.24, 2.45) is 0 Å². The Balaban J connectivity index is 2.40. The highest BCUT2D eigenvalue weighted by atomic mass is 79.9. The van der Waals surface area contributed by atoms with Crippen LogP contribution in [-0.4, -0.2) is 10.8 Å². The topological polar surface area (TPSA) is 98.3 Å². The molecule has 0 heterocycles. The molecule has 0 aromatic heterocycles. The number of rotatable bonds is 3. The third-order valence-corrected chi connectivity index (χ3v) is 3.56. The molecule has 2 aromatic carbocycles. The normalized spacial score (nSPS) is 10.2. The molecule has 108 valence electrons. The predicted octanol–water partition coefficient (Wildman–Crippen LogP) is 3.50. The highest BCUT2D eigenvalue weighted by molar-refractivity contribution is 9.10. The highest BCUT2D eigenvalue weighted by Crippen LogP contribution is 2.28. The zero-order chi connectivity index (χ0) is 15.6. The quantitative estimate of drug-likeness (QED) is 0.503. The standard InChI is InChI=1S/C14H12BrN3O3/c1-8-5-6-10(15)12(7-8)17-14(19)9-3-2-4-11(16)13(9)18(20)21/h2-7H,16H2,1H3,(H,17,19). The van der Waals surface area contributed by atoms with E-state index in [1.165, 1.54) is 18.2 Å². The largest absolute Gasteiger partial charge is 0.393 e. The number of carbonyl (C=O) groups is 1. The number of anilines is 2. The van der Waals surface area contributed by atoms with Gasteiger partial charge in [0, 0.05) is 4.47 Å². The number of hydrogen-bond donors (Lipinski definition) is 2. The second-order valence-corrected chi connectivity index (χ2v) is 5.29. The lowest BCUT2D eigenvalue weighted by atomic mass is 10.1. The zero-order valence-electron chi connectivity index (χ0n) is 11.1. The first-order chi connectivity index (χ1) is 9.90. The molecule has 2 aromatic rings. The summed E-state index contributed by atoms with van der Waals surface area (Å²) in [6.07, 6.45) is 0. The molecule has 0 aliphatic heterocycles. The van der Waals surface area contributed by atoms with E-state index in [2.05, 4.69) is 21.2 Å². The number of nitrogens with one attached hydrogen (secondary N) is 1. The molecule has 0 aliphatic carbocycles. The van der Waals surface area contributed by atoms with Crippen LogP contribution in [0.2, 0.25) is 0 Å². The third-order valence-electron chi connectivity index (χ3n) is 2.86. The molecule has 0 aliphatic rings. The lowest BCUT2D eigenvalue weighted by molar-refractivity contribution is -0.384. The molecule has 0 radical (unpaired) electrons. The van der Waals surface area contributed by atoms with E-state index < -0.39 is 16.5 Å². The molecule has 0 atom stereocenters. The Kier molecular flexibility index (Phi) is 4.23. The molecule has 1 amide bonds. The molecule has 0 saturated carbocycles. The number of aryl methyl sites for hydroxylation is 1. The smallest absolute Gasteiger partial charge is 0.304 e. The molecule has 2 rings (SSSR count). The maximum atomic E-state index is 12.3. The minimum absolute atomic E-state index is 0.0454. The average Bonchev–Trinajstić information content (AvgIpc) is 2.42. The number of para-hydroxylation sites is 1. The van der Waals surface area contributed by atoms with Crippen LogP contribution in [-0.2, 0) is 0 Å². The van der Waals surface area contributed by atoms with E-state index in [0.29, 0.717) is 10.2 Å². The van der Waals surface area contributed by atoms with Gasteiger partial charge in [0.1, 0.15) is 11.3 Å². The Labute approximate surface area is 129 Å². The van der Waals surface area contributed by atoms with Gasteiger partial charge in [0.15, 0.2) is 0 Å². The lowest BCUT2D eigenvalue weighted by Crippen LogP contribution is -2.15. The highest BCUT2D eigenvalue weighted by Gasteiger charge is 2.23. The first-order valence-corrected chi connectivity index (χ1v) is 6.80. The summed E-state index contributed by atoms with van der Waals surface area (Å²) in [7, 11) is 0. The molecule has 0 bridgehead atoms. The van der Waals surface area contributed by atoms with E-state index in [-0.39, 0.29) is 11.3 Å². The van der Waals surface area contributed by atoms with Gasteiger partial charge in [-0.2, -0.15) is 0 Å². The fourth-order valence-corrected chi connectivity index (χ4v) is 2.22. The number of nitrogens with zero attached hydrogens (tertiary/aromatic N) is 1. The fraction of sp³-hybridized carbons (Fsp3) is 0.0714. The SMILES string of the molecule is Cc1ccc(Br)c(NC(=O)c2cccc(N)c2[N+](=O)[O-])c1. The van der Waals surface area contributed by atoms with Crippen molar-refractivity contribution >= 4 is 38.9 Å². The summed E-state index contributed by atoms with van der Waals surface area (Å²) in [6, 6.07) is 9.69. The van der Waals surface area contributed by atoms with Crippen LogP contribution in [0.15, 0.2) is 40.9 Å². The van der Waals surface area contributed by atoms with Gasteiger partial charge in [-0.25, -0.2) is 0 Å². The summed E-state index contributed by atoms with van der Waals surface area (Å²) < 4.78 is 0.688. The summed E-state index contributed by atoms with van der Waals surface area (Å²) in [5.74, 6) is -0.583. The van der Waals surface area contributed by atoms with E-state index in [0.717, 1.165) is 5.56 Å². The van der Waals surface area contributed by atoms with Gasteiger partial charge in [0.25, 0.3) is 5.91 Å². The van der Waals surface area contributed by atoms with Gasteiger partial charge in [-0.1, -0.05) is 12.1 Å². The Hall–Kier alpha value is -2.41. The predicted molar refractivity (Wildman–Crippen MR) is 84.3 cm³/mol. The van der Waals surface area contributed by atoms with Gasteiger partial charge in [-0.3, -0.25) is 14.9 Å². The van der Waals surface area contributed by atoms with Crippen LogP contribution in [0.4, 0.5) is 17.1 Å². The first kappa shape index (κ1) is 15.0. The Morgan fingerprint density at radius 3 is 2.71 bits per heavy atom. The zero-order valence-corrected chi connectivity index (χ0v) is 12.7. The van der Waals surface area contributed by atoms with Gasteiger partial charge in [-0.05, 0) is 52.7 Å². The summed E-state index contributed by atoms with van der Waals surface area (Å²) in [5.41, 5.74) is 6.56. The summed E-state index contributed by atoms with van der Waals surface area (Å²) in [5, 5.41) is 13.7. The summed E-state index contributed by atoms with van der Waals surface area (Å²) in [4.78, 5) is 22.7. The number of hydrogen-bond acceptors (Lipinski definition) is 4. The molecular formula is C14H12BrN3O3. The maximum absolute atomic E-state index is 12.3. The van der Waals surface area contributed by atoms with Crippen molar-refractivity contribution < 1.29 is 9.72 Å². The molecule has 21 heavy (non-hydrogen) atoms. The fourth-order valence-electron chi connectivity index (χ4n) is 1.87. The lowest BCUT2D eigenvalue weighted by Gasteiger charge is -2.09. The minimum atomic E-state index is -0.657. The average molecular weight is 350 g/mol. The molecular weight excluding hydrogens is 338 g/mol. The van der Waals surface area contributed by atoms with Crippen molar-refractivity contribution in [1.82, 2.24) is 0 Å². The number of nitrogen functional groups attached to an aromatic ring is 1. The van der Waals surface area contributed by atoms with Gasteiger partial charge < -0.3 is 11.1 Å². The van der Waals surface area contributed by atoms with Gasteiger partial charge in [0.2, 0.25) is 0 Å². The van der Waals surface area contributed by atoms with Gasteiger partial charge in [-0.15, -0.1) is 0 Å². The number of carbonyl (C=O) groups excluding carboxylic acids is 1. The number of nitro benzene ring substituents is 1. The van der Waals surface area contributed by atoms with Gasteiger partial charge in [0.05, 0.1) is 10.6 Å². The third kappa shape index (κ3) is 3.19. The maximum Gasteiger partial charge on any atom is 0.304 e. The second kappa shape index (κ2) is 5.92. The van der Waals surface area contributed by atoms with E-state index in [1.54, 1.807) is 12.1 Å². The van der Waals surface area contributed by atoms with E-state index in [9.17, 15) is 14.9 Å². The van der Waals surface area contributed by atoms with Crippen LogP contribution in [0.3, 0.4) is 0 Å². The molecule has 7 heteroatoms. The van der Waals surface area contributed by atoms with Crippen molar-refractivity contribution in [3.05, 3.63) is 62.1 Å². The van der Waals surface area contributed by atoms with Crippen LogP contribution in [0.5, 0.6) is 0 Å². The van der Waals surface area contributed by atoms with Crippen LogP contribution in [0.25, 0.3) is 0 Å². The van der Waals surface area contributed by atoms with Crippen molar-refractivity contribution in [2.75, 3.05) is 11.1 Å². The van der Waals surface area contributed by atoms with Gasteiger partial charge >= 0.3 is 5.69 Å². The number of amides is 1. The van der Waals surface area contributed by atoms with E-state index in [1.807, 2.05) is 13.0 Å². The Bertz CT molecular complexity index is 731.